The van der Waals surface area contributed by atoms with E-state index in [4.69, 9.17) is 16.8 Å². The number of aromatic nitrogens is 2. The van der Waals surface area contributed by atoms with Crippen LogP contribution in [0, 0.1) is 0 Å². The largest absolute Gasteiger partial charge is 0.410 e. The summed E-state index contributed by atoms with van der Waals surface area (Å²) in [6.07, 6.45) is 1.04. The fraction of sp³-hybridized carbons (Fsp3) is 0.200. The summed E-state index contributed by atoms with van der Waals surface area (Å²) in [4.78, 5) is 0. The van der Waals surface area contributed by atoms with E-state index in [1.165, 1.54) is 6.07 Å². The Hall–Kier alpha value is -1.17. The molecule has 0 aliphatic heterocycles. The molecule has 66 valence electrons. The molecule has 0 aliphatic rings. The van der Waals surface area contributed by atoms with Crippen LogP contribution in [0.15, 0.2) is 17.4 Å². The zero-order valence-corrected chi connectivity index (χ0v) is 6.41. The van der Waals surface area contributed by atoms with Crippen molar-refractivity contribution in [2.75, 3.05) is 0 Å². The molecule has 0 saturated heterocycles. The van der Waals surface area contributed by atoms with Crippen molar-refractivity contribution in [2.24, 2.45) is 5.16 Å². The molecule has 1 N–H and O–H groups in total. The zero-order chi connectivity index (χ0) is 9.14. The van der Waals surface area contributed by atoms with Gasteiger partial charge in [-0.05, 0) is 6.07 Å². The minimum absolute atomic E-state index is 0.000494. The van der Waals surface area contributed by atoms with Crippen LogP contribution in [0.1, 0.15) is 12.2 Å². The second kappa shape index (κ2) is 3.48. The van der Waals surface area contributed by atoms with Crippen molar-refractivity contribution < 1.29 is 14.0 Å². The molecule has 0 amide bonds. The van der Waals surface area contributed by atoms with Crippen molar-refractivity contribution in [2.45, 2.75) is 6.55 Å². The van der Waals surface area contributed by atoms with Gasteiger partial charge in [0, 0.05) is 6.20 Å². The monoisotopic (exact) mass is 195 g/mol. The number of oxime groups is 1. The lowest BCUT2D eigenvalue weighted by Crippen LogP contribution is -2.00. The lowest BCUT2D eigenvalue weighted by Gasteiger charge is -1.95. The van der Waals surface area contributed by atoms with Crippen molar-refractivity contribution in [1.29, 1.82) is 0 Å². The zero-order valence-electron chi connectivity index (χ0n) is 5.65. The quantitative estimate of drug-likeness (QED) is 0.443. The number of hydrogen-bond donors (Lipinski definition) is 1. The van der Waals surface area contributed by atoms with Crippen molar-refractivity contribution in [3.8, 4) is 0 Å². The smallest absolute Gasteiger partial charge is 0.333 e. The van der Waals surface area contributed by atoms with Crippen LogP contribution in [0.4, 0.5) is 8.78 Å². The molecule has 0 aromatic carbocycles. The molecule has 0 bridgehead atoms. The van der Waals surface area contributed by atoms with Gasteiger partial charge in [-0.2, -0.15) is 13.9 Å². The summed E-state index contributed by atoms with van der Waals surface area (Å²) in [7, 11) is 0. The average Bonchev–Trinajstić information content (AvgIpc) is 2.51. The van der Waals surface area contributed by atoms with Crippen LogP contribution in [0.3, 0.4) is 0 Å². The number of halogens is 3. The Bertz CT molecular complexity index is 299. The van der Waals surface area contributed by atoms with Crippen molar-refractivity contribution in [3.63, 3.8) is 0 Å². The molecule has 0 radical (unpaired) electrons. The number of alkyl halides is 2. The molecule has 0 atom stereocenters. The Kier molecular flexibility index (Phi) is 2.59. The summed E-state index contributed by atoms with van der Waals surface area (Å²) in [6.45, 7) is -2.72. The van der Waals surface area contributed by atoms with Gasteiger partial charge in [-0.15, -0.1) is 0 Å². The van der Waals surface area contributed by atoms with Gasteiger partial charge < -0.3 is 5.21 Å². The summed E-state index contributed by atoms with van der Waals surface area (Å²) in [5, 5.41) is 13.7. The lowest BCUT2D eigenvalue weighted by molar-refractivity contribution is 0.0565. The first-order valence-corrected chi connectivity index (χ1v) is 3.24. The number of rotatable bonds is 2. The summed E-state index contributed by atoms with van der Waals surface area (Å²) in [5.74, 6) is 0. The van der Waals surface area contributed by atoms with Crippen LogP contribution < -0.4 is 0 Å². The third-order valence-corrected chi connectivity index (χ3v) is 1.38. The van der Waals surface area contributed by atoms with Crippen LogP contribution in [-0.2, 0) is 0 Å². The molecule has 1 rings (SSSR count). The van der Waals surface area contributed by atoms with Crippen molar-refractivity contribution in [3.05, 3.63) is 18.0 Å². The van der Waals surface area contributed by atoms with E-state index in [2.05, 4.69) is 10.3 Å². The van der Waals surface area contributed by atoms with E-state index in [0.29, 0.717) is 4.68 Å². The van der Waals surface area contributed by atoms with Crippen LogP contribution in [0.25, 0.3) is 0 Å². The van der Waals surface area contributed by atoms with Gasteiger partial charge in [-0.3, -0.25) is 0 Å². The van der Waals surface area contributed by atoms with E-state index in [-0.39, 0.29) is 10.9 Å². The minimum atomic E-state index is -2.72. The Labute approximate surface area is 71.0 Å². The molecule has 1 aromatic rings. The fourth-order valence-electron chi connectivity index (χ4n) is 0.608. The van der Waals surface area contributed by atoms with Gasteiger partial charge in [-0.1, -0.05) is 16.8 Å². The van der Waals surface area contributed by atoms with E-state index in [1.54, 1.807) is 0 Å². The molecule has 4 nitrogen and oxygen atoms in total. The summed E-state index contributed by atoms with van der Waals surface area (Å²) >= 11 is 5.29. The highest BCUT2D eigenvalue weighted by Crippen LogP contribution is 2.10. The first-order chi connectivity index (χ1) is 5.65. The van der Waals surface area contributed by atoms with Crippen LogP contribution in [0.5, 0.6) is 0 Å². The highest BCUT2D eigenvalue weighted by molar-refractivity contribution is 6.69. The molecule has 0 saturated carbocycles. The van der Waals surface area contributed by atoms with Crippen LogP contribution in [0.2, 0.25) is 0 Å². The molecule has 7 heteroatoms. The summed E-state index contributed by atoms with van der Waals surface area (Å²) in [5.41, 5.74) is -0.000494. The first-order valence-electron chi connectivity index (χ1n) is 2.86. The maximum absolute atomic E-state index is 11.9. The first kappa shape index (κ1) is 8.92. The summed E-state index contributed by atoms with van der Waals surface area (Å²) < 4.78 is 24.2. The minimum Gasteiger partial charge on any atom is -0.410 e. The molecule has 0 fully saturated rings. The van der Waals surface area contributed by atoms with Gasteiger partial charge in [-0.25, -0.2) is 4.68 Å². The normalized spacial score (nSPS) is 12.5. The van der Waals surface area contributed by atoms with Gasteiger partial charge in [0.15, 0.2) is 5.17 Å². The van der Waals surface area contributed by atoms with Gasteiger partial charge in [0.05, 0.1) is 0 Å². The topological polar surface area (TPSA) is 50.4 Å². The van der Waals surface area contributed by atoms with E-state index in [0.717, 1.165) is 6.20 Å². The van der Waals surface area contributed by atoms with E-state index < -0.39 is 6.55 Å². The molecule has 0 unspecified atom stereocenters. The Balaban J connectivity index is 2.92. The molecule has 12 heavy (non-hydrogen) atoms. The SMILES string of the molecule is O/N=C(/Cl)c1ccn(C(F)F)n1. The van der Waals surface area contributed by atoms with Gasteiger partial charge >= 0.3 is 6.55 Å². The standard InChI is InChI=1S/C5H4ClF2N3O/c6-4(10-12)3-1-2-11(9-3)5(7)8/h1-2,5,12H/b10-4+. The second-order valence-corrected chi connectivity index (χ2v) is 2.21. The predicted molar refractivity (Wildman–Crippen MR) is 37.7 cm³/mol. The third kappa shape index (κ3) is 1.70. The van der Waals surface area contributed by atoms with E-state index in [1.807, 2.05) is 0 Å². The molecule has 0 aliphatic carbocycles. The number of nitrogens with zero attached hydrogens (tertiary/aromatic N) is 3. The fourth-order valence-corrected chi connectivity index (χ4v) is 0.709. The highest BCUT2D eigenvalue weighted by atomic mass is 35.5. The van der Waals surface area contributed by atoms with Gasteiger partial charge in [0.1, 0.15) is 5.69 Å². The van der Waals surface area contributed by atoms with Crippen LogP contribution in [-0.4, -0.2) is 20.2 Å². The second-order valence-electron chi connectivity index (χ2n) is 1.85. The summed E-state index contributed by atoms with van der Waals surface area (Å²) in [6, 6.07) is 1.22. The van der Waals surface area contributed by atoms with Crippen LogP contribution >= 0.6 is 11.6 Å². The lowest BCUT2D eigenvalue weighted by atomic mass is 10.5. The van der Waals surface area contributed by atoms with Crippen molar-refractivity contribution in [1.82, 2.24) is 9.78 Å². The Morgan fingerprint density at radius 1 is 1.75 bits per heavy atom. The van der Waals surface area contributed by atoms with E-state index in [9.17, 15) is 8.78 Å². The van der Waals surface area contributed by atoms with Gasteiger partial charge in [0.2, 0.25) is 0 Å². The molecule has 1 aromatic heterocycles. The molecular weight excluding hydrogens is 192 g/mol. The van der Waals surface area contributed by atoms with Crippen molar-refractivity contribution >= 4 is 16.8 Å². The maximum Gasteiger partial charge on any atom is 0.333 e. The highest BCUT2D eigenvalue weighted by Gasteiger charge is 2.09. The average molecular weight is 196 g/mol. The third-order valence-electron chi connectivity index (χ3n) is 1.11. The van der Waals surface area contributed by atoms with E-state index >= 15 is 0 Å². The molecule has 0 spiro atoms. The maximum atomic E-state index is 11.9. The Morgan fingerprint density at radius 2 is 2.42 bits per heavy atom. The van der Waals surface area contributed by atoms with Gasteiger partial charge in [0.25, 0.3) is 0 Å². The predicted octanol–water partition coefficient (Wildman–Crippen LogP) is 1.65. The molecular formula is C5H4ClF2N3O. The number of hydrogen-bond acceptors (Lipinski definition) is 3. The Morgan fingerprint density at radius 3 is 2.83 bits per heavy atom. The molecule has 1 heterocycles.